The molecule has 0 fully saturated rings. The van der Waals surface area contributed by atoms with Gasteiger partial charge >= 0.3 is 0 Å². The molecular weight excluding hydrogens is 242 g/mol. The zero-order valence-corrected chi connectivity index (χ0v) is 10.6. The van der Waals surface area contributed by atoms with Crippen LogP contribution < -0.4 is 10.6 Å². The van der Waals surface area contributed by atoms with Crippen molar-refractivity contribution in [1.82, 2.24) is 20.1 Å². The van der Waals surface area contributed by atoms with Gasteiger partial charge in [0.05, 0.1) is 6.04 Å². The average molecular weight is 257 g/mol. The van der Waals surface area contributed by atoms with Crippen LogP contribution in [-0.2, 0) is 24.8 Å². The molecule has 2 heterocycles. The molecular formula is C13H15N5O. The zero-order chi connectivity index (χ0) is 13.2. The molecule has 0 bridgehead atoms. The van der Waals surface area contributed by atoms with Crippen molar-refractivity contribution in [2.24, 2.45) is 7.05 Å². The fraction of sp³-hybridized carbons (Fsp3) is 0.308. The fourth-order valence-corrected chi connectivity index (χ4v) is 2.25. The first-order valence-electron chi connectivity index (χ1n) is 6.19. The summed E-state index contributed by atoms with van der Waals surface area (Å²) in [6.45, 7) is 0.715. The molecule has 1 aliphatic rings. The Balaban J connectivity index is 1.71. The number of hydrogen-bond acceptors (Lipinski definition) is 4. The number of amides is 1. The minimum absolute atomic E-state index is 0.0781. The third-order valence-corrected chi connectivity index (χ3v) is 3.34. The van der Waals surface area contributed by atoms with E-state index in [1.807, 2.05) is 12.1 Å². The van der Waals surface area contributed by atoms with Gasteiger partial charge in [0, 0.05) is 13.6 Å². The summed E-state index contributed by atoms with van der Waals surface area (Å²) in [5.41, 5.74) is 2.48. The van der Waals surface area contributed by atoms with Gasteiger partial charge in [-0.25, -0.2) is 4.68 Å². The first kappa shape index (κ1) is 11.9. The molecule has 0 saturated carbocycles. The Morgan fingerprint density at radius 3 is 2.95 bits per heavy atom. The van der Waals surface area contributed by atoms with Crippen molar-refractivity contribution in [1.29, 1.82) is 0 Å². The summed E-state index contributed by atoms with van der Waals surface area (Å²) in [6, 6.07) is 7.94. The van der Waals surface area contributed by atoms with Crippen LogP contribution in [0.25, 0.3) is 0 Å². The summed E-state index contributed by atoms with van der Waals surface area (Å²) < 4.78 is 1.54. The van der Waals surface area contributed by atoms with Gasteiger partial charge in [-0.3, -0.25) is 10.1 Å². The van der Waals surface area contributed by atoms with E-state index in [1.54, 1.807) is 7.05 Å². The van der Waals surface area contributed by atoms with E-state index in [0.29, 0.717) is 18.9 Å². The Morgan fingerprint density at radius 2 is 2.21 bits per heavy atom. The number of hydrogen-bond donors (Lipinski definition) is 2. The van der Waals surface area contributed by atoms with Crippen LogP contribution in [0.15, 0.2) is 30.6 Å². The fourth-order valence-electron chi connectivity index (χ4n) is 2.25. The lowest BCUT2D eigenvalue weighted by atomic mass is 9.95. The second-order valence-corrected chi connectivity index (χ2v) is 4.60. The van der Waals surface area contributed by atoms with Gasteiger partial charge in [0.25, 0.3) is 0 Å². The van der Waals surface area contributed by atoms with Crippen LogP contribution in [0.5, 0.6) is 0 Å². The molecule has 0 unspecified atom stereocenters. The Hall–Kier alpha value is -2.21. The summed E-state index contributed by atoms with van der Waals surface area (Å²) in [5, 5.41) is 9.94. The Bertz CT molecular complexity index is 607. The van der Waals surface area contributed by atoms with Gasteiger partial charge in [0.15, 0.2) is 0 Å². The van der Waals surface area contributed by atoms with E-state index in [4.69, 9.17) is 0 Å². The Kier molecular flexibility index (Phi) is 3.00. The number of aryl methyl sites for hydroxylation is 1. The lowest BCUT2D eigenvalue weighted by Crippen LogP contribution is -2.45. The van der Waals surface area contributed by atoms with Crippen molar-refractivity contribution < 1.29 is 4.79 Å². The highest BCUT2D eigenvalue weighted by Gasteiger charge is 2.24. The average Bonchev–Trinajstić information content (AvgIpc) is 2.84. The van der Waals surface area contributed by atoms with Gasteiger partial charge in [-0.05, 0) is 17.5 Å². The maximum absolute atomic E-state index is 12.2. The largest absolute Gasteiger partial charge is 0.301 e. The van der Waals surface area contributed by atoms with Crippen molar-refractivity contribution in [3.63, 3.8) is 0 Å². The number of carbonyl (C=O) groups excluding carboxylic acids is 1. The minimum atomic E-state index is -0.230. The second-order valence-electron chi connectivity index (χ2n) is 4.60. The summed E-state index contributed by atoms with van der Waals surface area (Å²) in [5.74, 6) is 0.385. The monoisotopic (exact) mass is 257 g/mol. The predicted octanol–water partition coefficient (Wildman–Crippen LogP) is 0.468. The molecule has 2 N–H and O–H groups in total. The Morgan fingerprint density at radius 1 is 1.42 bits per heavy atom. The quantitative estimate of drug-likeness (QED) is 0.820. The molecule has 1 amide bonds. The lowest BCUT2D eigenvalue weighted by Gasteiger charge is -2.25. The highest BCUT2D eigenvalue weighted by atomic mass is 16.2. The van der Waals surface area contributed by atoms with E-state index >= 15 is 0 Å². The molecule has 6 nitrogen and oxygen atoms in total. The molecule has 0 radical (unpaired) electrons. The maximum atomic E-state index is 12.2. The molecule has 0 aliphatic carbocycles. The molecule has 1 aliphatic heterocycles. The highest BCUT2D eigenvalue weighted by molar-refractivity contribution is 5.93. The molecule has 1 atom stereocenters. The van der Waals surface area contributed by atoms with E-state index in [1.165, 1.54) is 22.1 Å². The lowest BCUT2D eigenvalue weighted by molar-refractivity contribution is -0.118. The van der Waals surface area contributed by atoms with Crippen molar-refractivity contribution in [3.05, 3.63) is 41.7 Å². The van der Waals surface area contributed by atoms with E-state index in [9.17, 15) is 4.79 Å². The van der Waals surface area contributed by atoms with E-state index in [2.05, 4.69) is 32.8 Å². The molecule has 6 heteroatoms. The highest BCUT2D eigenvalue weighted by Crippen LogP contribution is 2.16. The van der Waals surface area contributed by atoms with Crippen LogP contribution in [0, 0.1) is 0 Å². The smallest absolute Gasteiger partial charge is 0.244 e. The summed E-state index contributed by atoms with van der Waals surface area (Å²) in [6.07, 6.45) is 2.11. The third-order valence-electron chi connectivity index (χ3n) is 3.34. The number of aromatic nitrogens is 3. The van der Waals surface area contributed by atoms with E-state index < -0.39 is 0 Å². The van der Waals surface area contributed by atoms with Crippen LogP contribution in [-0.4, -0.2) is 26.7 Å². The molecule has 1 aromatic carbocycles. The molecule has 0 spiro atoms. The summed E-state index contributed by atoms with van der Waals surface area (Å²) in [7, 11) is 1.74. The van der Waals surface area contributed by atoms with E-state index in [0.717, 1.165) is 0 Å². The topological polar surface area (TPSA) is 71.8 Å². The molecule has 3 rings (SSSR count). The van der Waals surface area contributed by atoms with Crippen LogP contribution in [0.3, 0.4) is 0 Å². The molecule has 1 aromatic heterocycles. The number of nitrogens with zero attached hydrogens (tertiary/aromatic N) is 3. The second kappa shape index (κ2) is 4.81. The number of carbonyl (C=O) groups is 1. The van der Waals surface area contributed by atoms with Crippen molar-refractivity contribution in [3.8, 4) is 0 Å². The number of anilines is 1. The predicted molar refractivity (Wildman–Crippen MR) is 70.4 cm³/mol. The van der Waals surface area contributed by atoms with Crippen LogP contribution in [0.4, 0.5) is 5.95 Å². The number of nitrogens with one attached hydrogen (secondary N) is 2. The zero-order valence-electron chi connectivity index (χ0n) is 10.6. The van der Waals surface area contributed by atoms with E-state index in [-0.39, 0.29) is 11.9 Å². The number of rotatable bonds is 2. The first-order chi connectivity index (χ1) is 9.24. The maximum Gasteiger partial charge on any atom is 0.244 e. The number of benzene rings is 1. The van der Waals surface area contributed by atoms with Crippen molar-refractivity contribution >= 4 is 11.9 Å². The van der Waals surface area contributed by atoms with Gasteiger partial charge < -0.3 is 5.32 Å². The third kappa shape index (κ3) is 2.34. The van der Waals surface area contributed by atoms with Crippen molar-refractivity contribution in [2.75, 3.05) is 5.32 Å². The Labute approximate surface area is 110 Å². The standard InChI is InChI=1S/C13H15N5O/c1-18-13(15-8-16-18)17-12(19)11-6-9-4-2-3-5-10(9)7-14-11/h2-5,8,11,14H,6-7H2,1H3,(H,15,16,17,19)/t11-/m1/s1. The molecule has 98 valence electrons. The SMILES string of the molecule is Cn1ncnc1NC(=O)[C@H]1Cc2ccccc2CN1. The molecule has 0 saturated heterocycles. The van der Waals surface area contributed by atoms with Gasteiger partial charge in [0.1, 0.15) is 6.33 Å². The van der Waals surface area contributed by atoms with Crippen LogP contribution >= 0.6 is 0 Å². The summed E-state index contributed by atoms with van der Waals surface area (Å²) in [4.78, 5) is 16.2. The van der Waals surface area contributed by atoms with Gasteiger partial charge in [0.2, 0.25) is 11.9 Å². The molecule has 2 aromatic rings. The van der Waals surface area contributed by atoms with Gasteiger partial charge in [-0.1, -0.05) is 24.3 Å². The first-order valence-corrected chi connectivity index (χ1v) is 6.19. The van der Waals surface area contributed by atoms with Gasteiger partial charge in [-0.15, -0.1) is 0 Å². The van der Waals surface area contributed by atoms with Crippen molar-refractivity contribution in [2.45, 2.75) is 19.0 Å². The van der Waals surface area contributed by atoms with Crippen LogP contribution in [0.2, 0.25) is 0 Å². The molecule has 19 heavy (non-hydrogen) atoms. The minimum Gasteiger partial charge on any atom is -0.301 e. The normalized spacial score (nSPS) is 17.8. The van der Waals surface area contributed by atoms with Crippen LogP contribution in [0.1, 0.15) is 11.1 Å². The number of fused-ring (bicyclic) bond motifs is 1. The summed E-state index contributed by atoms with van der Waals surface area (Å²) >= 11 is 0. The van der Waals surface area contributed by atoms with Gasteiger partial charge in [-0.2, -0.15) is 10.1 Å².